The van der Waals surface area contributed by atoms with Gasteiger partial charge in [-0.05, 0) is 37.5 Å². The van der Waals surface area contributed by atoms with Crippen LogP contribution in [0.4, 0.5) is 0 Å². The van der Waals surface area contributed by atoms with Crippen LogP contribution in [0, 0.1) is 11.3 Å². The quantitative estimate of drug-likeness (QED) is 0.759. The van der Waals surface area contributed by atoms with Crippen molar-refractivity contribution in [3.8, 4) is 0 Å². The van der Waals surface area contributed by atoms with Gasteiger partial charge in [0.05, 0.1) is 12.2 Å². The first kappa shape index (κ1) is 12.0. The Bertz CT molecular complexity index is 189. The predicted molar refractivity (Wildman–Crippen MR) is 58.2 cm³/mol. The molecular weight excluding hydrogens is 176 g/mol. The minimum Gasteiger partial charge on any atom is -0.387 e. The van der Waals surface area contributed by atoms with Gasteiger partial charge >= 0.3 is 0 Å². The van der Waals surface area contributed by atoms with E-state index in [0.717, 1.165) is 12.8 Å². The highest BCUT2D eigenvalue weighted by Gasteiger charge is 2.41. The molecule has 0 aromatic heterocycles. The highest BCUT2D eigenvalue weighted by Crippen LogP contribution is 2.43. The fourth-order valence-electron chi connectivity index (χ4n) is 3.10. The van der Waals surface area contributed by atoms with E-state index in [1.54, 1.807) is 0 Å². The summed E-state index contributed by atoms with van der Waals surface area (Å²) < 4.78 is 5.37. The second-order valence-electron chi connectivity index (χ2n) is 5.72. The van der Waals surface area contributed by atoms with Crippen molar-refractivity contribution in [3.05, 3.63) is 0 Å². The molecule has 2 unspecified atom stereocenters. The molecule has 0 saturated heterocycles. The Labute approximate surface area is 87.7 Å². The van der Waals surface area contributed by atoms with Gasteiger partial charge < -0.3 is 9.84 Å². The van der Waals surface area contributed by atoms with Gasteiger partial charge in [0.15, 0.2) is 0 Å². The largest absolute Gasteiger partial charge is 0.387 e. The molecule has 1 rings (SSSR count). The monoisotopic (exact) mass is 200 g/mol. The lowest BCUT2D eigenvalue weighted by Gasteiger charge is -2.44. The zero-order valence-electron chi connectivity index (χ0n) is 9.97. The second kappa shape index (κ2) is 4.19. The molecule has 1 N–H and O–H groups in total. The molecule has 14 heavy (non-hydrogen) atoms. The van der Waals surface area contributed by atoms with Crippen molar-refractivity contribution >= 4 is 0 Å². The minimum absolute atomic E-state index is 0.253. The zero-order chi connectivity index (χ0) is 10.8. The number of rotatable bonds is 3. The molecule has 84 valence electrons. The van der Waals surface area contributed by atoms with Crippen molar-refractivity contribution < 1.29 is 9.84 Å². The lowest BCUT2D eigenvalue weighted by Crippen LogP contribution is -2.45. The molecule has 1 fully saturated rings. The maximum absolute atomic E-state index is 10.4. The smallest absolute Gasteiger partial charge is 0.0887 e. The lowest BCUT2D eigenvalue weighted by molar-refractivity contribution is -0.106. The lowest BCUT2D eigenvalue weighted by atomic mass is 9.66. The summed E-state index contributed by atoms with van der Waals surface area (Å²) >= 11 is 0. The summed E-state index contributed by atoms with van der Waals surface area (Å²) in [7, 11) is 0. The Balaban J connectivity index is 2.59. The fourth-order valence-corrected chi connectivity index (χ4v) is 3.10. The van der Waals surface area contributed by atoms with Crippen molar-refractivity contribution in [1.82, 2.24) is 0 Å². The SMILES string of the molecule is CCOCC1(O)CC(C)CC(C)(C)C1. The summed E-state index contributed by atoms with van der Waals surface area (Å²) in [6.07, 6.45) is 2.96. The molecular formula is C12H24O2. The Morgan fingerprint density at radius 3 is 2.50 bits per heavy atom. The molecule has 2 heteroatoms. The van der Waals surface area contributed by atoms with Crippen LogP contribution in [0.15, 0.2) is 0 Å². The molecule has 0 aromatic carbocycles. The number of aliphatic hydroxyl groups is 1. The van der Waals surface area contributed by atoms with Crippen molar-refractivity contribution in [2.75, 3.05) is 13.2 Å². The molecule has 0 amide bonds. The number of ether oxygens (including phenoxy) is 1. The topological polar surface area (TPSA) is 29.5 Å². The summed E-state index contributed by atoms with van der Waals surface area (Å²) in [5, 5.41) is 10.4. The summed E-state index contributed by atoms with van der Waals surface area (Å²) in [4.78, 5) is 0. The van der Waals surface area contributed by atoms with E-state index in [9.17, 15) is 5.11 Å². The van der Waals surface area contributed by atoms with Gasteiger partial charge in [-0.25, -0.2) is 0 Å². The van der Waals surface area contributed by atoms with Crippen molar-refractivity contribution in [2.45, 2.75) is 52.6 Å². The van der Waals surface area contributed by atoms with E-state index in [4.69, 9.17) is 4.74 Å². The zero-order valence-corrected chi connectivity index (χ0v) is 9.97. The van der Waals surface area contributed by atoms with Crippen molar-refractivity contribution in [3.63, 3.8) is 0 Å². The molecule has 1 aliphatic rings. The third-order valence-corrected chi connectivity index (χ3v) is 3.01. The predicted octanol–water partition coefficient (Wildman–Crippen LogP) is 2.60. The minimum atomic E-state index is -0.586. The maximum Gasteiger partial charge on any atom is 0.0887 e. The van der Waals surface area contributed by atoms with Gasteiger partial charge in [0.1, 0.15) is 0 Å². The first-order valence-corrected chi connectivity index (χ1v) is 5.67. The van der Waals surface area contributed by atoms with Crippen LogP contribution >= 0.6 is 0 Å². The molecule has 0 aromatic rings. The molecule has 0 bridgehead atoms. The maximum atomic E-state index is 10.4. The number of hydrogen-bond acceptors (Lipinski definition) is 2. The first-order valence-electron chi connectivity index (χ1n) is 5.67. The van der Waals surface area contributed by atoms with Crippen LogP contribution in [0.1, 0.15) is 47.0 Å². The van der Waals surface area contributed by atoms with Crippen LogP contribution in [0.25, 0.3) is 0 Å². The highest BCUT2D eigenvalue weighted by molar-refractivity contribution is 4.93. The molecule has 0 aliphatic heterocycles. The Morgan fingerprint density at radius 2 is 2.00 bits per heavy atom. The fraction of sp³-hybridized carbons (Fsp3) is 1.00. The summed E-state index contributed by atoms with van der Waals surface area (Å²) in [6.45, 7) is 9.85. The van der Waals surface area contributed by atoms with Gasteiger partial charge in [-0.3, -0.25) is 0 Å². The summed E-state index contributed by atoms with van der Waals surface area (Å²) in [5.41, 5.74) is -0.333. The first-order chi connectivity index (χ1) is 6.37. The van der Waals surface area contributed by atoms with Crippen LogP contribution in [0.2, 0.25) is 0 Å². The van der Waals surface area contributed by atoms with E-state index in [2.05, 4.69) is 20.8 Å². The van der Waals surface area contributed by atoms with E-state index in [1.807, 2.05) is 6.92 Å². The third-order valence-electron chi connectivity index (χ3n) is 3.01. The summed E-state index contributed by atoms with van der Waals surface area (Å²) in [6, 6.07) is 0. The van der Waals surface area contributed by atoms with Gasteiger partial charge in [-0.2, -0.15) is 0 Å². The Kier molecular flexibility index (Phi) is 3.59. The van der Waals surface area contributed by atoms with E-state index in [-0.39, 0.29) is 5.41 Å². The van der Waals surface area contributed by atoms with E-state index < -0.39 is 5.60 Å². The molecule has 1 aliphatic carbocycles. The molecule has 1 saturated carbocycles. The number of hydrogen-bond donors (Lipinski definition) is 1. The molecule has 0 heterocycles. The van der Waals surface area contributed by atoms with Crippen molar-refractivity contribution in [2.24, 2.45) is 11.3 Å². The normalized spacial score (nSPS) is 37.1. The van der Waals surface area contributed by atoms with Gasteiger partial charge in [0.25, 0.3) is 0 Å². The average Bonchev–Trinajstić information content (AvgIpc) is 1.96. The molecule has 0 radical (unpaired) electrons. The third kappa shape index (κ3) is 3.25. The highest BCUT2D eigenvalue weighted by atomic mass is 16.5. The second-order valence-corrected chi connectivity index (χ2v) is 5.72. The summed E-state index contributed by atoms with van der Waals surface area (Å²) in [5.74, 6) is 0.601. The van der Waals surface area contributed by atoms with Crippen LogP contribution in [-0.2, 0) is 4.74 Å². The molecule has 2 atom stereocenters. The molecule has 0 spiro atoms. The Hall–Kier alpha value is -0.0800. The Morgan fingerprint density at radius 1 is 1.36 bits per heavy atom. The van der Waals surface area contributed by atoms with E-state index >= 15 is 0 Å². The van der Waals surface area contributed by atoms with Gasteiger partial charge in [-0.1, -0.05) is 20.8 Å². The van der Waals surface area contributed by atoms with Gasteiger partial charge in [0, 0.05) is 6.61 Å². The van der Waals surface area contributed by atoms with Crippen LogP contribution in [-0.4, -0.2) is 23.9 Å². The van der Waals surface area contributed by atoms with E-state index in [1.165, 1.54) is 6.42 Å². The van der Waals surface area contributed by atoms with Crippen LogP contribution in [0.5, 0.6) is 0 Å². The van der Waals surface area contributed by atoms with Gasteiger partial charge in [0.2, 0.25) is 0 Å². The standard InChI is InChI=1S/C12H24O2/c1-5-14-9-12(13)7-10(2)6-11(3,4)8-12/h10,13H,5-9H2,1-4H3. The van der Waals surface area contributed by atoms with Crippen LogP contribution < -0.4 is 0 Å². The average molecular weight is 200 g/mol. The molecule has 2 nitrogen and oxygen atoms in total. The van der Waals surface area contributed by atoms with Crippen molar-refractivity contribution in [1.29, 1.82) is 0 Å². The van der Waals surface area contributed by atoms with E-state index in [0.29, 0.717) is 19.1 Å². The van der Waals surface area contributed by atoms with Gasteiger partial charge in [-0.15, -0.1) is 0 Å². The van der Waals surface area contributed by atoms with Crippen LogP contribution in [0.3, 0.4) is 0 Å².